The second-order valence-corrected chi connectivity index (χ2v) is 6.59. The van der Waals surface area contributed by atoms with Crippen LogP contribution in [0.4, 0.5) is 0 Å². The molecule has 0 radical (unpaired) electrons. The van der Waals surface area contributed by atoms with Crippen LogP contribution in [0.1, 0.15) is 35.0 Å². The van der Waals surface area contributed by atoms with Crippen molar-refractivity contribution in [3.8, 4) is 0 Å². The predicted octanol–water partition coefficient (Wildman–Crippen LogP) is 3.23. The molecule has 122 valence electrons. The topological polar surface area (TPSA) is 70.8 Å². The summed E-state index contributed by atoms with van der Waals surface area (Å²) in [6.07, 6.45) is 0.608. The van der Waals surface area contributed by atoms with Crippen LogP contribution in [-0.2, 0) is 4.79 Å². The molecule has 2 aromatic rings. The van der Waals surface area contributed by atoms with Crippen molar-refractivity contribution in [3.05, 3.63) is 35.1 Å². The van der Waals surface area contributed by atoms with Gasteiger partial charge in [0.2, 0.25) is 0 Å². The average molecular weight is 315 g/mol. The quantitative estimate of drug-likeness (QED) is 0.923. The maximum Gasteiger partial charge on any atom is 0.308 e. The molecule has 0 aliphatic carbocycles. The molecule has 0 saturated carbocycles. The molecule has 0 spiro atoms. The maximum atomic E-state index is 12.9. The van der Waals surface area contributed by atoms with E-state index in [1.54, 1.807) is 4.90 Å². The van der Waals surface area contributed by atoms with Gasteiger partial charge in [-0.3, -0.25) is 9.59 Å². The molecule has 1 N–H and O–H groups in total. The molecular weight excluding hydrogens is 294 g/mol. The number of benzene rings is 1. The van der Waals surface area contributed by atoms with Crippen LogP contribution in [0.5, 0.6) is 0 Å². The first-order valence-electron chi connectivity index (χ1n) is 7.89. The molecule has 1 saturated heterocycles. The monoisotopic (exact) mass is 315 g/mol. The molecule has 1 aromatic heterocycles. The minimum atomic E-state index is -0.841. The number of hydrogen-bond donors (Lipinski definition) is 1. The number of nitrogens with zero attached hydrogens (tertiary/aromatic N) is 1. The number of aryl methyl sites for hydroxylation is 2. The van der Waals surface area contributed by atoms with Crippen LogP contribution in [0, 0.1) is 25.7 Å². The van der Waals surface area contributed by atoms with Crippen LogP contribution in [0.15, 0.2) is 22.6 Å². The van der Waals surface area contributed by atoms with Crippen LogP contribution in [-0.4, -0.2) is 35.0 Å². The van der Waals surface area contributed by atoms with E-state index in [0.29, 0.717) is 18.7 Å². The second kappa shape index (κ2) is 5.72. The normalized spacial score (nSPS) is 21.6. The van der Waals surface area contributed by atoms with Gasteiger partial charge in [0, 0.05) is 24.0 Å². The molecule has 3 rings (SSSR count). The minimum Gasteiger partial charge on any atom is -0.481 e. The highest BCUT2D eigenvalue weighted by molar-refractivity contribution is 5.99. The molecule has 1 aromatic carbocycles. The summed E-state index contributed by atoms with van der Waals surface area (Å²) in [4.78, 5) is 25.8. The molecule has 2 heterocycles. The summed E-state index contributed by atoms with van der Waals surface area (Å²) < 4.78 is 5.84. The van der Waals surface area contributed by atoms with Gasteiger partial charge in [-0.1, -0.05) is 25.1 Å². The molecule has 23 heavy (non-hydrogen) atoms. The fourth-order valence-electron chi connectivity index (χ4n) is 3.43. The lowest BCUT2D eigenvalue weighted by molar-refractivity contribution is -0.143. The standard InChI is InChI=1S/C18H21NO4/c1-10-7-13(18(21)22)9-19(8-10)17(20)16-12(3)14-6-4-5-11(2)15(14)23-16/h4-6,10,13H,7-9H2,1-3H3,(H,21,22). The van der Waals surface area contributed by atoms with E-state index in [1.807, 2.05) is 39.0 Å². The van der Waals surface area contributed by atoms with Crippen LogP contribution < -0.4 is 0 Å². The van der Waals surface area contributed by atoms with Crippen molar-refractivity contribution in [2.75, 3.05) is 13.1 Å². The molecule has 1 amide bonds. The van der Waals surface area contributed by atoms with E-state index in [1.165, 1.54) is 0 Å². The number of carbonyl (C=O) groups is 2. The van der Waals surface area contributed by atoms with Crippen molar-refractivity contribution in [2.45, 2.75) is 27.2 Å². The molecule has 5 nitrogen and oxygen atoms in total. The molecule has 2 unspecified atom stereocenters. The van der Waals surface area contributed by atoms with Gasteiger partial charge in [0.15, 0.2) is 5.76 Å². The molecule has 1 aliphatic rings. The van der Waals surface area contributed by atoms with Crippen molar-refractivity contribution in [3.63, 3.8) is 0 Å². The van der Waals surface area contributed by atoms with Crippen molar-refractivity contribution in [2.24, 2.45) is 11.8 Å². The average Bonchev–Trinajstić information content (AvgIpc) is 2.85. The number of rotatable bonds is 2. The smallest absolute Gasteiger partial charge is 0.308 e. The molecule has 0 bridgehead atoms. The molecule has 1 aliphatic heterocycles. The lowest BCUT2D eigenvalue weighted by Gasteiger charge is -2.34. The van der Waals surface area contributed by atoms with E-state index in [2.05, 4.69) is 0 Å². The predicted molar refractivity (Wildman–Crippen MR) is 86.5 cm³/mol. The van der Waals surface area contributed by atoms with E-state index < -0.39 is 11.9 Å². The Labute approximate surface area is 134 Å². The van der Waals surface area contributed by atoms with Crippen LogP contribution >= 0.6 is 0 Å². The van der Waals surface area contributed by atoms with Gasteiger partial charge in [-0.15, -0.1) is 0 Å². The van der Waals surface area contributed by atoms with Gasteiger partial charge < -0.3 is 14.4 Å². The molecular formula is C18H21NO4. The van der Waals surface area contributed by atoms with Crippen LogP contribution in [0.2, 0.25) is 0 Å². The second-order valence-electron chi connectivity index (χ2n) is 6.59. The van der Waals surface area contributed by atoms with Crippen LogP contribution in [0.25, 0.3) is 11.0 Å². The first-order chi connectivity index (χ1) is 10.9. The molecule has 2 atom stereocenters. The SMILES string of the molecule is Cc1c(C(=O)N2CC(C)CC(C(=O)O)C2)oc2c(C)cccc12. The number of piperidine rings is 1. The zero-order chi connectivity index (χ0) is 16.7. The third kappa shape index (κ3) is 2.71. The van der Waals surface area contributed by atoms with Crippen molar-refractivity contribution >= 4 is 22.8 Å². The van der Waals surface area contributed by atoms with Gasteiger partial charge in [0.25, 0.3) is 5.91 Å². The third-order valence-corrected chi connectivity index (χ3v) is 4.65. The number of likely N-dealkylation sites (tertiary alicyclic amines) is 1. The molecule has 5 heteroatoms. The number of fused-ring (bicyclic) bond motifs is 1. The number of carbonyl (C=O) groups excluding carboxylic acids is 1. The van der Waals surface area contributed by atoms with E-state index in [4.69, 9.17) is 4.42 Å². The summed E-state index contributed by atoms with van der Waals surface area (Å²) in [7, 11) is 0. The Hall–Kier alpha value is -2.30. The van der Waals surface area contributed by atoms with Gasteiger partial charge in [-0.05, 0) is 31.7 Å². The number of carboxylic acid groups (broad SMARTS) is 1. The Kier molecular flexibility index (Phi) is 3.88. The van der Waals surface area contributed by atoms with Crippen molar-refractivity contribution in [1.29, 1.82) is 0 Å². The first kappa shape index (κ1) is 15.6. The van der Waals surface area contributed by atoms with Gasteiger partial charge in [0.1, 0.15) is 5.58 Å². The Morgan fingerprint density at radius 2 is 2.00 bits per heavy atom. The van der Waals surface area contributed by atoms with Crippen molar-refractivity contribution < 1.29 is 19.1 Å². The lowest BCUT2D eigenvalue weighted by Crippen LogP contribution is -2.45. The Morgan fingerprint density at radius 1 is 1.26 bits per heavy atom. The first-order valence-corrected chi connectivity index (χ1v) is 7.89. The number of hydrogen-bond acceptors (Lipinski definition) is 3. The summed E-state index contributed by atoms with van der Waals surface area (Å²) in [5.74, 6) is -1.07. The summed E-state index contributed by atoms with van der Waals surface area (Å²) in [5.41, 5.74) is 2.53. The largest absolute Gasteiger partial charge is 0.481 e. The van der Waals surface area contributed by atoms with Gasteiger partial charge in [0.05, 0.1) is 5.92 Å². The zero-order valence-electron chi connectivity index (χ0n) is 13.6. The zero-order valence-corrected chi connectivity index (χ0v) is 13.6. The Balaban J connectivity index is 1.95. The Morgan fingerprint density at radius 3 is 2.65 bits per heavy atom. The van der Waals surface area contributed by atoms with Gasteiger partial charge in [-0.25, -0.2) is 0 Å². The number of carboxylic acids is 1. The molecule has 1 fully saturated rings. The number of aliphatic carboxylic acids is 1. The number of furan rings is 1. The van der Waals surface area contributed by atoms with E-state index in [9.17, 15) is 14.7 Å². The third-order valence-electron chi connectivity index (χ3n) is 4.65. The van der Waals surface area contributed by atoms with Gasteiger partial charge in [-0.2, -0.15) is 0 Å². The maximum absolute atomic E-state index is 12.9. The van der Waals surface area contributed by atoms with E-state index >= 15 is 0 Å². The van der Waals surface area contributed by atoms with E-state index in [0.717, 1.165) is 22.1 Å². The summed E-state index contributed by atoms with van der Waals surface area (Å²) in [6, 6.07) is 5.83. The van der Waals surface area contributed by atoms with Gasteiger partial charge >= 0.3 is 5.97 Å². The summed E-state index contributed by atoms with van der Waals surface area (Å²) >= 11 is 0. The number of para-hydroxylation sites is 1. The minimum absolute atomic E-state index is 0.167. The van der Waals surface area contributed by atoms with E-state index in [-0.39, 0.29) is 18.4 Å². The lowest BCUT2D eigenvalue weighted by atomic mass is 9.90. The van der Waals surface area contributed by atoms with Crippen molar-refractivity contribution in [1.82, 2.24) is 4.90 Å². The fraction of sp³-hybridized carbons (Fsp3) is 0.444. The fourth-order valence-corrected chi connectivity index (χ4v) is 3.43. The highest BCUT2D eigenvalue weighted by atomic mass is 16.4. The number of amides is 1. The highest BCUT2D eigenvalue weighted by Gasteiger charge is 2.34. The summed E-state index contributed by atoms with van der Waals surface area (Å²) in [6.45, 7) is 6.61. The van der Waals surface area contributed by atoms with Crippen LogP contribution in [0.3, 0.4) is 0 Å². The highest BCUT2D eigenvalue weighted by Crippen LogP contribution is 2.30. The summed E-state index contributed by atoms with van der Waals surface area (Å²) in [5, 5.41) is 10.2. The Bertz CT molecular complexity index is 777.